The molecule has 1 heterocycles. The highest BCUT2D eigenvalue weighted by Crippen LogP contribution is 2.44. The van der Waals surface area contributed by atoms with Crippen molar-refractivity contribution < 1.29 is 34.4 Å². The summed E-state index contributed by atoms with van der Waals surface area (Å²) >= 11 is 5.96. The number of aliphatic hydroxyl groups is 1. The molecular weight excluding hydrogens is 414 g/mol. The van der Waals surface area contributed by atoms with E-state index in [1.807, 2.05) is 6.07 Å². The second-order valence-corrected chi connectivity index (χ2v) is 7.94. The summed E-state index contributed by atoms with van der Waals surface area (Å²) in [6.07, 6.45) is 0.775. The standard InChI is InChI=1S/C21H20ClNO7/c22-15-3-1-2-12(6-15)16(24)10-23-9-11-4-13-7-17-18(8-14(13)5-11)30-21(29-17,19(25)26)20(27)28/h1-3,6-8,11,16,23-24H,4-5,9-10H2,(H,25,26)(H,27,28)/t16-/m0/s1. The average molecular weight is 434 g/mol. The third-order valence-corrected chi connectivity index (χ3v) is 5.59. The molecule has 9 heteroatoms. The van der Waals surface area contributed by atoms with Crippen LogP contribution in [0.1, 0.15) is 22.8 Å². The maximum atomic E-state index is 11.4. The monoisotopic (exact) mass is 433 g/mol. The molecule has 30 heavy (non-hydrogen) atoms. The molecule has 8 nitrogen and oxygen atoms in total. The first-order valence-electron chi connectivity index (χ1n) is 9.43. The fraction of sp³-hybridized carbons (Fsp3) is 0.333. The number of carboxylic acids is 2. The number of aliphatic hydroxyl groups excluding tert-OH is 1. The van der Waals surface area contributed by atoms with E-state index in [1.165, 1.54) is 0 Å². The molecule has 158 valence electrons. The first kappa shape index (κ1) is 20.5. The SMILES string of the molecule is O=C(O)C1(C(=O)O)Oc2cc3c(cc2O1)CC(CNC[C@H](O)c1cccc(Cl)c1)C3. The molecule has 2 aromatic carbocycles. The number of hydrogen-bond donors (Lipinski definition) is 4. The van der Waals surface area contributed by atoms with E-state index in [0.29, 0.717) is 18.1 Å². The van der Waals surface area contributed by atoms with Gasteiger partial charge in [0.25, 0.3) is 0 Å². The van der Waals surface area contributed by atoms with Gasteiger partial charge in [-0.2, -0.15) is 0 Å². The van der Waals surface area contributed by atoms with Crippen molar-refractivity contribution in [1.29, 1.82) is 0 Å². The summed E-state index contributed by atoms with van der Waals surface area (Å²) < 4.78 is 10.3. The third-order valence-electron chi connectivity index (χ3n) is 5.36. The Balaban J connectivity index is 1.36. The number of benzene rings is 2. The molecule has 0 fully saturated rings. The van der Waals surface area contributed by atoms with Crippen LogP contribution in [0.4, 0.5) is 0 Å². The number of halogens is 1. The molecule has 0 amide bonds. The van der Waals surface area contributed by atoms with Crippen LogP contribution in [0.15, 0.2) is 36.4 Å². The molecule has 0 saturated carbocycles. The number of aliphatic carboxylic acids is 2. The Bertz CT molecular complexity index is 958. The van der Waals surface area contributed by atoms with Crippen LogP contribution in [0.3, 0.4) is 0 Å². The van der Waals surface area contributed by atoms with Crippen LogP contribution in [0.2, 0.25) is 5.02 Å². The number of fused-ring (bicyclic) bond motifs is 2. The van der Waals surface area contributed by atoms with Gasteiger partial charge in [0.1, 0.15) is 0 Å². The normalized spacial score (nSPS) is 17.5. The van der Waals surface area contributed by atoms with E-state index >= 15 is 0 Å². The zero-order valence-corrected chi connectivity index (χ0v) is 16.6. The summed E-state index contributed by atoms with van der Waals surface area (Å²) in [6, 6.07) is 10.4. The zero-order chi connectivity index (χ0) is 21.5. The van der Waals surface area contributed by atoms with Gasteiger partial charge in [-0.05, 0) is 66.3 Å². The number of nitrogens with one attached hydrogen (secondary N) is 1. The lowest BCUT2D eigenvalue weighted by atomic mass is 10.1. The number of hydrogen-bond acceptors (Lipinski definition) is 6. The molecule has 1 aliphatic heterocycles. The molecule has 0 aromatic heterocycles. The van der Waals surface area contributed by atoms with E-state index in [0.717, 1.165) is 29.5 Å². The van der Waals surface area contributed by atoms with Gasteiger partial charge in [-0.3, -0.25) is 0 Å². The van der Waals surface area contributed by atoms with Crippen LogP contribution >= 0.6 is 11.6 Å². The van der Waals surface area contributed by atoms with Gasteiger partial charge in [-0.1, -0.05) is 23.7 Å². The Labute approximate surface area is 177 Å². The quantitative estimate of drug-likeness (QED) is 0.489. The lowest BCUT2D eigenvalue weighted by Gasteiger charge is -2.17. The summed E-state index contributed by atoms with van der Waals surface area (Å²) in [6.45, 7) is 1.06. The molecule has 0 radical (unpaired) electrons. The van der Waals surface area contributed by atoms with Gasteiger partial charge < -0.3 is 30.1 Å². The second-order valence-electron chi connectivity index (χ2n) is 7.50. The van der Waals surface area contributed by atoms with Crippen LogP contribution in [0.5, 0.6) is 11.5 Å². The van der Waals surface area contributed by atoms with Crippen molar-refractivity contribution in [2.75, 3.05) is 13.1 Å². The van der Waals surface area contributed by atoms with Crippen LogP contribution in [-0.4, -0.2) is 46.1 Å². The van der Waals surface area contributed by atoms with Gasteiger partial charge in [0, 0.05) is 11.6 Å². The molecule has 0 unspecified atom stereocenters. The summed E-state index contributed by atoms with van der Waals surface area (Å²) in [5, 5.41) is 32.6. The molecule has 1 aliphatic carbocycles. The van der Waals surface area contributed by atoms with Gasteiger partial charge in [0.15, 0.2) is 11.5 Å². The van der Waals surface area contributed by atoms with E-state index in [9.17, 15) is 24.9 Å². The van der Waals surface area contributed by atoms with Crippen molar-refractivity contribution in [3.63, 3.8) is 0 Å². The number of ether oxygens (including phenoxy) is 2. The van der Waals surface area contributed by atoms with Crippen LogP contribution in [0.25, 0.3) is 0 Å². The van der Waals surface area contributed by atoms with Crippen LogP contribution in [0, 0.1) is 5.92 Å². The smallest absolute Gasteiger partial charge is 0.453 e. The lowest BCUT2D eigenvalue weighted by molar-refractivity contribution is -0.194. The van der Waals surface area contributed by atoms with Crippen LogP contribution < -0.4 is 14.8 Å². The minimum atomic E-state index is -2.74. The first-order chi connectivity index (χ1) is 14.3. The van der Waals surface area contributed by atoms with Gasteiger partial charge in [0.2, 0.25) is 0 Å². The highest BCUT2D eigenvalue weighted by Gasteiger charge is 2.58. The summed E-state index contributed by atoms with van der Waals surface area (Å²) in [5.74, 6) is -5.67. The van der Waals surface area contributed by atoms with Crippen molar-refractivity contribution in [1.82, 2.24) is 5.32 Å². The highest BCUT2D eigenvalue weighted by molar-refractivity contribution is 6.30. The molecule has 4 N–H and O–H groups in total. The first-order valence-corrected chi connectivity index (χ1v) is 9.81. The van der Waals surface area contributed by atoms with Gasteiger partial charge in [-0.15, -0.1) is 0 Å². The number of carboxylic acid groups (broad SMARTS) is 2. The average Bonchev–Trinajstić information content (AvgIpc) is 3.26. The highest BCUT2D eigenvalue weighted by atomic mass is 35.5. The second kappa shape index (κ2) is 7.79. The Hall–Kier alpha value is -2.81. The van der Waals surface area contributed by atoms with Gasteiger partial charge in [0.05, 0.1) is 6.10 Å². The van der Waals surface area contributed by atoms with Crippen molar-refractivity contribution in [2.45, 2.75) is 24.7 Å². The van der Waals surface area contributed by atoms with Gasteiger partial charge >= 0.3 is 17.7 Å². The van der Waals surface area contributed by atoms with E-state index in [4.69, 9.17) is 21.1 Å². The van der Waals surface area contributed by atoms with Crippen molar-refractivity contribution in [3.8, 4) is 11.5 Å². The molecule has 0 bridgehead atoms. The van der Waals surface area contributed by atoms with Crippen LogP contribution in [-0.2, 0) is 22.4 Å². The molecule has 0 spiro atoms. The maximum Gasteiger partial charge on any atom is 0.453 e. The lowest BCUT2D eigenvalue weighted by Crippen LogP contribution is -2.54. The van der Waals surface area contributed by atoms with E-state index in [2.05, 4.69) is 5.32 Å². The largest absolute Gasteiger partial charge is 0.475 e. The number of rotatable bonds is 7. The zero-order valence-electron chi connectivity index (χ0n) is 15.8. The topological polar surface area (TPSA) is 125 Å². The summed E-state index contributed by atoms with van der Waals surface area (Å²) in [5.41, 5.74) is 2.67. The predicted octanol–water partition coefficient (Wildman–Crippen LogP) is 2.01. The molecule has 0 saturated heterocycles. The minimum absolute atomic E-state index is 0.114. The van der Waals surface area contributed by atoms with E-state index in [1.54, 1.807) is 30.3 Å². The Kier molecular flexibility index (Phi) is 5.31. The molecule has 2 aliphatic rings. The van der Waals surface area contributed by atoms with E-state index in [-0.39, 0.29) is 17.4 Å². The maximum absolute atomic E-state index is 11.4. The molecule has 4 rings (SSSR count). The Morgan fingerprint density at radius 1 is 1.10 bits per heavy atom. The predicted molar refractivity (Wildman–Crippen MR) is 106 cm³/mol. The summed E-state index contributed by atoms with van der Waals surface area (Å²) in [7, 11) is 0. The summed E-state index contributed by atoms with van der Waals surface area (Å²) in [4.78, 5) is 22.7. The molecular formula is C21H20ClNO7. The van der Waals surface area contributed by atoms with E-state index < -0.39 is 23.8 Å². The molecule has 2 aromatic rings. The number of carbonyl (C=O) groups is 2. The van der Waals surface area contributed by atoms with Crippen molar-refractivity contribution in [2.24, 2.45) is 5.92 Å². The van der Waals surface area contributed by atoms with Gasteiger partial charge in [-0.25, -0.2) is 9.59 Å². The molecule has 1 atom stereocenters. The van der Waals surface area contributed by atoms with Crippen molar-refractivity contribution in [3.05, 3.63) is 58.1 Å². The Morgan fingerprint density at radius 3 is 2.23 bits per heavy atom. The van der Waals surface area contributed by atoms with Crippen molar-refractivity contribution >= 4 is 23.5 Å². The fourth-order valence-corrected chi connectivity index (χ4v) is 4.07. The third kappa shape index (κ3) is 3.69. The fourth-order valence-electron chi connectivity index (χ4n) is 3.87. The minimum Gasteiger partial charge on any atom is -0.475 e. The Morgan fingerprint density at radius 2 is 1.70 bits per heavy atom.